The number of hydrogen-bond acceptors (Lipinski definition) is 5. The molecule has 0 aromatic carbocycles. The molecule has 2 unspecified atom stereocenters. The molecule has 0 aromatic rings. The maximum atomic E-state index is 12.2. The van der Waals surface area contributed by atoms with Crippen molar-refractivity contribution in [3.8, 4) is 0 Å². The van der Waals surface area contributed by atoms with Gasteiger partial charge in [-0.3, -0.25) is 4.79 Å². The van der Waals surface area contributed by atoms with Crippen molar-refractivity contribution >= 4 is 5.97 Å². The Hall–Kier alpha value is -0.650. The Morgan fingerprint density at radius 3 is 2.25 bits per heavy atom. The van der Waals surface area contributed by atoms with Crippen LogP contribution in [0.15, 0.2) is 0 Å². The number of ether oxygens (including phenoxy) is 1. The highest BCUT2D eigenvalue weighted by Gasteiger charge is 2.34. The fraction of sp³-hybridized carbons (Fsp3) is 0.947. The molecule has 0 aromatic heterocycles. The van der Waals surface area contributed by atoms with Crippen molar-refractivity contribution in [1.29, 1.82) is 0 Å². The summed E-state index contributed by atoms with van der Waals surface area (Å²) < 4.78 is 5.34. The fourth-order valence-electron chi connectivity index (χ4n) is 2.78. The molecule has 5 heteroatoms. The molecule has 0 aliphatic carbocycles. The molecular formula is C19H39NO4. The average molecular weight is 346 g/mol. The number of carbonyl (C=O) groups is 1. The zero-order valence-electron chi connectivity index (χ0n) is 15.8. The Kier molecular flexibility index (Phi) is 14.3. The van der Waals surface area contributed by atoms with Gasteiger partial charge < -0.3 is 20.7 Å². The van der Waals surface area contributed by atoms with E-state index in [0.717, 1.165) is 25.7 Å². The molecule has 0 aliphatic heterocycles. The van der Waals surface area contributed by atoms with Gasteiger partial charge >= 0.3 is 5.97 Å². The molecule has 0 radical (unpaired) electrons. The van der Waals surface area contributed by atoms with Crippen molar-refractivity contribution in [2.75, 3.05) is 13.2 Å². The standard InChI is InChI=1S/C19H39NO4/c1-3-4-5-6-7-8-11-16-24-18(23)19(20,14-15-21)13-10-9-12-17(2)22/h17,21-22H,3-16,20H2,1-2H3. The summed E-state index contributed by atoms with van der Waals surface area (Å²) in [6, 6.07) is 0. The van der Waals surface area contributed by atoms with Crippen molar-refractivity contribution in [1.82, 2.24) is 0 Å². The molecule has 0 heterocycles. The van der Waals surface area contributed by atoms with Crippen LogP contribution in [-0.2, 0) is 9.53 Å². The Bertz CT molecular complexity index is 310. The van der Waals surface area contributed by atoms with Gasteiger partial charge in [-0.2, -0.15) is 0 Å². The molecule has 0 aliphatic rings. The number of aliphatic hydroxyl groups is 2. The van der Waals surface area contributed by atoms with Gasteiger partial charge in [-0.05, 0) is 32.6 Å². The normalized spacial score (nSPS) is 15.0. The predicted molar refractivity (Wildman–Crippen MR) is 97.7 cm³/mol. The van der Waals surface area contributed by atoms with Gasteiger partial charge in [-0.25, -0.2) is 0 Å². The molecule has 0 saturated heterocycles. The van der Waals surface area contributed by atoms with Crippen LogP contribution in [-0.4, -0.2) is 41.0 Å². The van der Waals surface area contributed by atoms with Gasteiger partial charge in [0, 0.05) is 6.61 Å². The molecular weight excluding hydrogens is 306 g/mol. The Morgan fingerprint density at radius 1 is 1.04 bits per heavy atom. The first-order valence-electron chi connectivity index (χ1n) is 9.71. The van der Waals surface area contributed by atoms with E-state index in [0.29, 0.717) is 19.4 Å². The number of unbranched alkanes of at least 4 members (excludes halogenated alkanes) is 7. The van der Waals surface area contributed by atoms with Gasteiger partial charge in [0.05, 0.1) is 12.7 Å². The highest BCUT2D eigenvalue weighted by Crippen LogP contribution is 2.19. The summed E-state index contributed by atoms with van der Waals surface area (Å²) in [6.07, 6.45) is 10.8. The first-order valence-corrected chi connectivity index (χ1v) is 9.71. The van der Waals surface area contributed by atoms with E-state index in [1.165, 1.54) is 32.1 Å². The molecule has 0 fully saturated rings. The second kappa shape index (κ2) is 14.7. The average Bonchev–Trinajstić information content (AvgIpc) is 2.54. The number of esters is 1. The van der Waals surface area contributed by atoms with Crippen LogP contribution in [0.3, 0.4) is 0 Å². The van der Waals surface area contributed by atoms with Crippen LogP contribution in [0.5, 0.6) is 0 Å². The number of rotatable bonds is 16. The summed E-state index contributed by atoms with van der Waals surface area (Å²) in [6.45, 7) is 4.24. The van der Waals surface area contributed by atoms with E-state index < -0.39 is 11.5 Å². The minimum absolute atomic E-state index is 0.126. The summed E-state index contributed by atoms with van der Waals surface area (Å²) in [4.78, 5) is 12.2. The topological polar surface area (TPSA) is 92.8 Å². The Balaban J connectivity index is 3.96. The van der Waals surface area contributed by atoms with Gasteiger partial charge in [-0.15, -0.1) is 0 Å². The minimum Gasteiger partial charge on any atom is -0.464 e. The van der Waals surface area contributed by atoms with Gasteiger partial charge in [0.15, 0.2) is 0 Å². The largest absolute Gasteiger partial charge is 0.464 e. The molecule has 0 rings (SSSR count). The maximum Gasteiger partial charge on any atom is 0.326 e. The lowest BCUT2D eigenvalue weighted by molar-refractivity contribution is -0.151. The molecule has 5 nitrogen and oxygen atoms in total. The molecule has 0 amide bonds. The first-order chi connectivity index (χ1) is 11.5. The van der Waals surface area contributed by atoms with E-state index in [9.17, 15) is 15.0 Å². The van der Waals surface area contributed by atoms with Crippen molar-refractivity contribution in [2.45, 2.75) is 103 Å². The van der Waals surface area contributed by atoms with Crippen LogP contribution < -0.4 is 5.73 Å². The smallest absolute Gasteiger partial charge is 0.326 e. The van der Waals surface area contributed by atoms with Gasteiger partial charge in [0.25, 0.3) is 0 Å². The monoisotopic (exact) mass is 345 g/mol. The maximum absolute atomic E-state index is 12.2. The second-order valence-corrected chi connectivity index (χ2v) is 6.98. The van der Waals surface area contributed by atoms with Crippen LogP contribution in [0.2, 0.25) is 0 Å². The molecule has 0 saturated carbocycles. The zero-order chi connectivity index (χ0) is 18.3. The lowest BCUT2D eigenvalue weighted by Crippen LogP contribution is -2.49. The lowest BCUT2D eigenvalue weighted by Gasteiger charge is -2.26. The van der Waals surface area contributed by atoms with E-state index in [-0.39, 0.29) is 19.1 Å². The number of hydrogen-bond donors (Lipinski definition) is 3. The third-order valence-electron chi connectivity index (χ3n) is 4.44. The van der Waals surface area contributed by atoms with E-state index in [1.54, 1.807) is 6.92 Å². The first kappa shape index (κ1) is 23.4. The second-order valence-electron chi connectivity index (χ2n) is 6.98. The number of nitrogens with two attached hydrogens (primary N) is 1. The van der Waals surface area contributed by atoms with Crippen molar-refractivity contribution in [2.24, 2.45) is 5.73 Å². The van der Waals surface area contributed by atoms with Crippen molar-refractivity contribution in [3.05, 3.63) is 0 Å². The molecule has 2 atom stereocenters. The highest BCUT2D eigenvalue weighted by molar-refractivity contribution is 5.80. The van der Waals surface area contributed by atoms with Crippen LogP contribution in [0.4, 0.5) is 0 Å². The van der Waals surface area contributed by atoms with Crippen LogP contribution in [0.1, 0.15) is 90.9 Å². The quantitative estimate of drug-likeness (QED) is 0.295. The van der Waals surface area contributed by atoms with E-state index >= 15 is 0 Å². The molecule has 4 N–H and O–H groups in total. The summed E-state index contributed by atoms with van der Waals surface area (Å²) in [5, 5.41) is 18.4. The predicted octanol–water partition coefficient (Wildman–Crippen LogP) is 3.30. The van der Waals surface area contributed by atoms with Crippen LogP contribution in [0.25, 0.3) is 0 Å². The fourth-order valence-corrected chi connectivity index (χ4v) is 2.78. The van der Waals surface area contributed by atoms with Gasteiger partial charge in [-0.1, -0.05) is 58.3 Å². The number of aliphatic hydroxyl groups excluding tert-OH is 2. The molecule has 0 bridgehead atoms. The minimum atomic E-state index is -1.10. The molecule has 144 valence electrons. The van der Waals surface area contributed by atoms with E-state index in [1.807, 2.05) is 0 Å². The van der Waals surface area contributed by atoms with E-state index in [4.69, 9.17) is 10.5 Å². The van der Waals surface area contributed by atoms with Crippen LogP contribution >= 0.6 is 0 Å². The van der Waals surface area contributed by atoms with Crippen molar-refractivity contribution < 1.29 is 19.7 Å². The number of carbonyl (C=O) groups excluding carboxylic acids is 1. The third-order valence-corrected chi connectivity index (χ3v) is 4.44. The molecule has 24 heavy (non-hydrogen) atoms. The van der Waals surface area contributed by atoms with Gasteiger partial charge in [0.2, 0.25) is 0 Å². The Morgan fingerprint density at radius 2 is 1.67 bits per heavy atom. The van der Waals surface area contributed by atoms with Crippen molar-refractivity contribution in [3.63, 3.8) is 0 Å². The summed E-state index contributed by atoms with van der Waals surface area (Å²) in [5.41, 5.74) is 5.07. The van der Waals surface area contributed by atoms with Crippen LogP contribution in [0, 0.1) is 0 Å². The van der Waals surface area contributed by atoms with Gasteiger partial charge in [0.1, 0.15) is 5.54 Å². The Labute approximate surface area is 148 Å². The van der Waals surface area contributed by atoms with E-state index in [2.05, 4.69) is 6.92 Å². The highest BCUT2D eigenvalue weighted by atomic mass is 16.5. The summed E-state index contributed by atoms with van der Waals surface area (Å²) in [5.74, 6) is -0.403. The zero-order valence-corrected chi connectivity index (χ0v) is 15.8. The molecule has 0 spiro atoms. The summed E-state index contributed by atoms with van der Waals surface area (Å²) >= 11 is 0. The summed E-state index contributed by atoms with van der Waals surface area (Å²) in [7, 11) is 0. The lowest BCUT2D eigenvalue weighted by atomic mass is 9.90. The third kappa shape index (κ3) is 11.8. The SMILES string of the molecule is CCCCCCCCCOC(=O)C(N)(CCO)CCCCC(C)O.